The van der Waals surface area contributed by atoms with Crippen LogP contribution in [0.4, 0.5) is 0 Å². The van der Waals surface area contributed by atoms with E-state index in [1.165, 1.54) is 11.2 Å². The molecule has 0 unspecified atom stereocenters. The topological polar surface area (TPSA) is 102 Å². The Kier molecular flexibility index (Phi) is 3.58. The molecule has 0 bridgehead atoms. The Hall–Kier alpha value is -1.43. The summed E-state index contributed by atoms with van der Waals surface area (Å²) in [6.07, 6.45) is 1.91. The van der Waals surface area contributed by atoms with Crippen molar-refractivity contribution in [3.8, 4) is 0 Å². The van der Waals surface area contributed by atoms with Crippen LogP contribution in [-0.4, -0.2) is 42.2 Å². The molecule has 6 heteroatoms. The molecule has 0 fully saturated rings. The third-order valence-electron chi connectivity index (χ3n) is 1.99. The summed E-state index contributed by atoms with van der Waals surface area (Å²) in [7, 11) is 0. The van der Waals surface area contributed by atoms with Gasteiger partial charge in [-0.25, -0.2) is 0 Å². The Labute approximate surface area is 81.9 Å². The van der Waals surface area contributed by atoms with Gasteiger partial charge in [0.05, 0.1) is 18.9 Å². The Morgan fingerprint density at radius 2 is 2.29 bits per heavy atom. The van der Waals surface area contributed by atoms with E-state index >= 15 is 0 Å². The summed E-state index contributed by atoms with van der Waals surface area (Å²) in [5.74, 6) is -0.643. The molecular formula is C8H14N4O2. The fraction of sp³-hybridized carbons (Fsp3) is 0.625. The molecule has 1 rings (SSSR count). The highest BCUT2D eigenvalue weighted by atomic mass is 16.2. The largest absolute Gasteiger partial charge is 0.370 e. The smallest absolute Gasteiger partial charge is 0.244 e. The Morgan fingerprint density at radius 3 is 2.79 bits per heavy atom. The SMILES string of the molecule is NC(=O)CC[C@H](N)C(=O)N1C=NCC1. The van der Waals surface area contributed by atoms with Crippen LogP contribution in [0, 0.1) is 0 Å². The van der Waals surface area contributed by atoms with E-state index in [4.69, 9.17) is 11.5 Å². The van der Waals surface area contributed by atoms with Crippen LogP contribution in [0.2, 0.25) is 0 Å². The number of nitrogens with zero attached hydrogens (tertiary/aromatic N) is 2. The van der Waals surface area contributed by atoms with Gasteiger partial charge in [0.2, 0.25) is 11.8 Å². The highest BCUT2D eigenvalue weighted by Crippen LogP contribution is 2.01. The molecule has 0 saturated carbocycles. The highest BCUT2D eigenvalue weighted by Gasteiger charge is 2.21. The molecule has 6 nitrogen and oxygen atoms in total. The van der Waals surface area contributed by atoms with Crippen LogP contribution in [0.5, 0.6) is 0 Å². The van der Waals surface area contributed by atoms with Gasteiger partial charge in [0.1, 0.15) is 0 Å². The number of hydrogen-bond acceptors (Lipinski definition) is 4. The molecule has 2 amide bonds. The lowest BCUT2D eigenvalue weighted by Gasteiger charge is -2.16. The minimum absolute atomic E-state index is 0.137. The molecule has 1 aliphatic heterocycles. The van der Waals surface area contributed by atoms with Crippen molar-refractivity contribution in [3.05, 3.63) is 0 Å². The van der Waals surface area contributed by atoms with E-state index in [9.17, 15) is 9.59 Å². The first-order valence-corrected chi connectivity index (χ1v) is 4.45. The van der Waals surface area contributed by atoms with Gasteiger partial charge in [-0.05, 0) is 6.42 Å². The lowest BCUT2D eigenvalue weighted by molar-refractivity contribution is -0.128. The maximum absolute atomic E-state index is 11.5. The average Bonchev–Trinajstić information content (AvgIpc) is 2.65. The molecule has 0 aromatic heterocycles. The number of carbonyl (C=O) groups is 2. The second kappa shape index (κ2) is 4.71. The molecule has 1 atom stereocenters. The summed E-state index contributed by atoms with van der Waals surface area (Å²) >= 11 is 0. The van der Waals surface area contributed by atoms with Crippen LogP contribution >= 0.6 is 0 Å². The fourth-order valence-electron chi connectivity index (χ4n) is 1.18. The summed E-state index contributed by atoms with van der Waals surface area (Å²) in [6.45, 7) is 1.19. The predicted molar refractivity (Wildman–Crippen MR) is 51.5 cm³/mol. The summed E-state index contributed by atoms with van der Waals surface area (Å²) < 4.78 is 0. The van der Waals surface area contributed by atoms with E-state index in [2.05, 4.69) is 4.99 Å². The van der Waals surface area contributed by atoms with E-state index in [1.54, 1.807) is 0 Å². The van der Waals surface area contributed by atoms with Gasteiger partial charge in [0, 0.05) is 13.0 Å². The third kappa shape index (κ3) is 2.81. The number of hydrogen-bond donors (Lipinski definition) is 2. The van der Waals surface area contributed by atoms with E-state index < -0.39 is 11.9 Å². The first-order chi connectivity index (χ1) is 6.61. The Morgan fingerprint density at radius 1 is 1.57 bits per heavy atom. The van der Waals surface area contributed by atoms with Gasteiger partial charge >= 0.3 is 0 Å². The zero-order chi connectivity index (χ0) is 10.6. The normalized spacial score (nSPS) is 17.1. The van der Waals surface area contributed by atoms with Crippen molar-refractivity contribution >= 4 is 18.2 Å². The molecule has 78 valence electrons. The van der Waals surface area contributed by atoms with Crippen LogP contribution in [0.25, 0.3) is 0 Å². The zero-order valence-corrected chi connectivity index (χ0v) is 7.85. The molecule has 1 heterocycles. The molecule has 1 aliphatic rings. The van der Waals surface area contributed by atoms with Gasteiger partial charge in [0.15, 0.2) is 0 Å². The van der Waals surface area contributed by atoms with Crippen molar-refractivity contribution in [1.82, 2.24) is 4.90 Å². The van der Waals surface area contributed by atoms with Crippen molar-refractivity contribution in [2.24, 2.45) is 16.5 Å². The van der Waals surface area contributed by atoms with Crippen molar-refractivity contribution in [2.45, 2.75) is 18.9 Å². The summed E-state index contributed by atoms with van der Waals surface area (Å²) in [5.41, 5.74) is 10.5. The van der Waals surface area contributed by atoms with Crippen LogP contribution in [0.15, 0.2) is 4.99 Å². The molecule has 0 spiro atoms. The number of rotatable bonds is 4. The molecular weight excluding hydrogens is 184 g/mol. The van der Waals surface area contributed by atoms with E-state index in [1.807, 2.05) is 0 Å². The standard InChI is InChI=1S/C8H14N4O2/c9-6(1-2-7(10)13)8(14)12-4-3-11-5-12/h5-6H,1-4,9H2,(H2,10,13)/t6-/m0/s1. The molecule has 4 N–H and O–H groups in total. The molecule has 0 radical (unpaired) electrons. The van der Waals surface area contributed by atoms with Gasteiger partial charge in [-0.1, -0.05) is 0 Å². The monoisotopic (exact) mass is 198 g/mol. The van der Waals surface area contributed by atoms with Crippen molar-refractivity contribution in [3.63, 3.8) is 0 Å². The van der Waals surface area contributed by atoms with Gasteiger partial charge in [-0.2, -0.15) is 0 Å². The van der Waals surface area contributed by atoms with Crippen LogP contribution in [0.1, 0.15) is 12.8 Å². The first kappa shape index (κ1) is 10.6. The highest BCUT2D eigenvalue weighted by molar-refractivity contribution is 5.92. The molecule has 0 aliphatic carbocycles. The summed E-state index contributed by atoms with van der Waals surface area (Å²) in [4.78, 5) is 27.3. The minimum atomic E-state index is -0.660. The lowest BCUT2D eigenvalue weighted by atomic mass is 10.1. The molecule has 0 aromatic rings. The Bertz CT molecular complexity index is 264. The average molecular weight is 198 g/mol. The maximum atomic E-state index is 11.5. The van der Waals surface area contributed by atoms with E-state index in [-0.39, 0.29) is 12.3 Å². The van der Waals surface area contributed by atoms with Gasteiger partial charge in [-0.3, -0.25) is 14.6 Å². The van der Waals surface area contributed by atoms with E-state index in [0.29, 0.717) is 19.5 Å². The minimum Gasteiger partial charge on any atom is -0.370 e. The van der Waals surface area contributed by atoms with Gasteiger partial charge in [0.25, 0.3) is 0 Å². The quantitative estimate of drug-likeness (QED) is 0.571. The second-order valence-corrected chi connectivity index (χ2v) is 3.16. The molecule has 14 heavy (non-hydrogen) atoms. The first-order valence-electron chi connectivity index (χ1n) is 4.45. The summed E-state index contributed by atoms with van der Waals surface area (Å²) in [5, 5.41) is 0. The zero-order valence-electron chi connectivity index (χ0n) is 7.85. The van der Waals surface area contributed by atoms with Crippen LogP contribution in [0.3, 0.4) is 0 Å². The Balaban J connectivity index is 2.35. The summed E-state index contributed by atoms with van der Waals surface area (Å²) in [6, 6.07) is -0.660. The number of nitrogens with two attached hydrogens (primary N) is 2. The number of aliphatic imine (C=N–C) groups is 1. The van der Waals surface area contributed by atoms with Crippen LogP contribution in [-0.2, 0) is 9.59 Å². The van der Waals surface area contributed by atoms with E-state index in [0.717, 1.165) is 0 Å². The second-order valence-electron chi connectivity index (χ2n) is 3.16. The number of primary amides is 1. The van der Waals surface area contributed by atoms with Crippen LogP contribution < -0.4 is 11.5 Å². The molecule has 0 aromatic carbocycles. The predicted octanol–water partition coefficient (Wildman–Crippen LogP) is -1.55. The maximum Gasteiger partial charge on any atom is 0.244 e. The van der Waals surface area contributed by atoms with Crippen molar-refractivity contribution in [1.29, 1.82) is 0 Å². The van der Waals surface area contributed by atoms with Gasteiger partial charge in [-0.15, -0.1) is 0 Å². The van der Waals surface area contributed by atoms with Crippen molar-refractivity contribution < 1.29 is 9.59 Å². The lowest BCUT2D eigenvalue weighted by Crippen LogP contribution is -2.42. The number of amides is 2. The van der Waals surface area contributed by atoms with Crippen molar-refractivity contribution in [2.75, 3.05) is 13.1 Å². The third-order valence-corrected chi connectivity index (χ3v) is 1.99. The van der Waals surface area contributed by atoms with Gasteiger partial charge < -0.3 is 16.4 Å². The molecule has 0 saturated heterocycles. The number of carbonyl (C=O) groups excluding carboxylic acids is 2. The fourth-order valence-corrected chi connectivity index (χ4v) is 1.18.